The van der Waals surface area contributed by atoms with Crippen LogP contribution >= 0.6 is 0 Å². The predicted molar refractivity (Wildman–Crippen MR) is 68.0 cm³/mol. The lowest BCUT2D eigenvalue weighted by atomic mass is 9.95. The standard InChI is InChI=1S/C13H17N3O2/c1-8(2)11(13(17)18-3)12-15-7-10(16-12)9-4-5-14-6-9/h4-8,11,14H,1-3H3,(H,15,16). The lowest BCUT2D eigenvalue weighted by Crippen LogP contribution is -2.20. The van der Waals surface area contributed by atoms with Crippen molar-refractivity contribution in [3.63, 3.8) is 0 Å². The van der Waals surface area contributed by atoms with Crippen LogP contribution in [-0.4, -0.2) is 28.0 Å². The first-order valence-electron chi connectivity index (χ1n) is 5.89. The van der Waals surface area contributed by atoms with Crippen molar-refractivity contribution in [1.82, 2.24) is 15.0 Å². The molecular weight excluding hydrogens is 230 g/mol. The molecule has 1 atom stereocenters. The Balaban J connectivity index is 2.30. The molecule has 0 bridgehead atoms. The summed E-state index contributed by atoms with van der Waals surface area (Å²) in [6.07, 6.45) is 5.45. The van der Waals surface area contributed by atoms with E-state index in [9.17, 15) is 4.79 Å². The molecule has 1 unspecified atom stereocenters. The minimum Gasteiger partial charge on any atom is -0.468 e. The van der Waals surface area contributed by atoms with Gasteiger partial charge in [-0.2, -0.15) is 0 Å². The third kappa shape index (κ3) is 2.30. The van der Waals surface area contributed by atoms with Gasteiger partial charge in [-0.25, -0.2) is 4.98 Å². The summed E-state index contributed by atoms with van der Waals surface area (Å²) in [6, 6.07) is 1.94. The van der Waals surface area contributed by atoms with Crippen LogP contribution < -0.4 is 0 Å². The minimum absolute atomic E-state index is 0.127. The zero-order chi connectivity index (χ0) is 13.1. The molecule has 2 rings (SSSR count). The summed E-state index contributed by atoms with van der Waals surface area (Å²) in [5, 5.41) is 0. The topological polar surface area (TPSA) is 70.8 Å². The molecule has 0 aliphatic rings. The average Bonchev–Trinajstić information content (AvgIpc) is 2.98. The largest absolute Gasteiger partial charge is 0.468 e. The number of carbonyl (C=O) groups excluding carboxylic acids is 1. The van der Waals surface area contributed by atoms with Crippen LogP contribution in [0.5, 0.6) is 0 Å². The monoisotopic (exact) mass is 247 g/mol. The second-order valence-corrected chi connectivity index (χ2v) is 4.53. The number of ether oxygens (including phenoxy) is 1. The summed E-state index contributed by atoms with van der Waals surface area (Å²) >= 11 is 0. The summed E-state index contributed by atoms with van der Waals surface area (Å²) < 4.78 is 4.82. The van der Waals surface area contributed by atoms with E-state index in [0.29, 0.717) is 5.82 Å². The third-order valence-corrected chi connectivity index (χ3v) is 2.92. The smallest absolute Gasteiger partial charge is 0.316 e. The molecular formula is C13H17N3O2. The van der Waals surface area contributed by atoms with Crippen LogP contribution in [0.2, 0.25) is 0 Å². The van der Waals surface area contributed by atoms with Crippen molar-refractivity contribution in [2.45, 2.75) is 19.8 Å². The van der Waals surface area contributed by atoms with Crippen LogP contribution in [0.1, 0.15) is 25.6 Å². The molecule has 0 saturated carbocycles. The number of H-pyrrole nitrogens is 2. The van der Waals surface area contributed by atoms with Gasteiger partial charge in [-0.05, 0) is 12.0 Å². The molecule has 0 aliphatic carbocycles. The lowest BCUT2D eigenvalue weighted by Gasteiger charge is -2.15. The third-order valence-electron chi connectivity index (χ3n) is 2.92. The molecule has 0 aromatic carbocycles. The van der Waals surface area contributed by atoms with Gasteiger partial charge in [0.05, 0.1) is 19.0 Å². The Morgan fingerprint density at radius 1 is 1.44 bits per heavy atom. The van der Waals surface area contributed by atoms with E-state index in [1.54, 1.807) is 6.20 Å². The summed E-state index contributed by atoms with van der Waals surface area (Å²) in [5.74, 6) is 0.151. The Bertz CT molecular complexity index is 514. The number of nitrogens with zero attached hydrogens (tertiary/aromatic N) is 1. The van der Waals surface area contributed by atoms with Crippen molar-refractivity contribution in [2.24, 2.45) is 5.92 Å². The summed E-state index contributed by atoms with van der Waals surface area (Å²) in [6.45, 7) is 3.94. The van der Waals surface area contributed by atoms with Gasteiger partial charge in [0.1, 0.15) is 11.7 Å². The van der Waals surface area contributed by atoms with Crippen molar-refractivity contribution in [3.8, 4) is 11.3 Å². The van der Waals surface area contributed by atoms with E-state index in [1.165, 1.54) is 7.11 Å². The second kappa shape index (κ2) is 5.08. The van der Waals surface area contributed by atoms with Gasteiger partial charge >= 0.3 is 5.97 Å². The molecule has 2 heterocycles. The number of carbonyl (C=O) groups is 1. The number of hydrogen-bond donors (Lipinski definition) is 2. The molecule has 0 radical (unpaired) electrons. The van der Waals surface area contributed by atoms with Crippen LogP contribution in [0.25, 0.3) is 11.3 Å². The van der Waals surface area contributed by atoms with Crippen LogP contribution in [0.3, 0.4) is 0 Å². The van der Waals surface area contributed by atoms with E-state index in [0.717, 1.165) is 11.3 Å². The molecule has 5 nitrogen and oxygen atoms in total. The number of hydrogen-bond acceptors (Lipinski definition) is 3. The first-order chi connectivity index (χ1) is 8.63. The van der Waals surface area contributed by atoms with Gasteiger partial charge in [0, 0.05) is 18.0 Å². The Morgan fingerprint density at radius 3 is 2.78 bits per heavy atom. The first-order valence-corrected chi connectivity index (χ1v) is 5.89. The second-order valence-electron chi connectivity index (χ2n) is 4.53. The van der Waals surface area contributed by atoms with Crippen molar-refractivity contribution >= 4 is 5.97 Å². The van der Waals surface area contributed by atoms with Crippen molar-refractivity contribution < 1.29 is 9.53 Å². The van der Waals surface area contributed by atoms with Gasteiger partial charge in [0.2, 0.25) is 0 Å². The van der Waals surface area contributed by atoms with E-state index in [1.807, 2.05) is 32.3 Å². The number of aromatic amines is 2. The van der Waals surface area contributed by atoms with Gasteiger partial charge in [0.15, 0.2) is 0 Å². The molecule has 0 spiro atoms. The van der Waals surface area contributed by atoms with Crippen LogP contribution in [0, 0.1) is 5.92 Å². The fourth-order valence-electron chi connectivity index (χ4n) is 1.96. The summed E-state index contributed by atoms with van der Waals surface area (Å²) in [7, 11) is 1.40. The molecule has 0 fully saturated rings. The van der Waals surface area contributed by atoms with E-state index < -0.39 is 0 Å². The maximum Gasteiger partial charge on any atom is 0.316 e. The SMILES string of the molecule is COC(=O)C(c1ncc(-c2cc[nH]c2)[nH]1)C(C)C. The number of rotatable bonds is 4. The highest BCUT2D eigenvalue weighted by Crippen LogP contribution is 2.25. The Hall–Kier alpha value is -2.04. The summed E-state index contributed by atoms with van der Waals surface area (Å²) in [5.41, 5.74) is 1.90. The number of nitrogens with one attached hydrogen (secondary N) is 2. The van der Waals surface area contributed by atoms with E-state index >= 15 is 0 Å². The quantitative estimate of drug-likeness (QED) is 0.814. The molecule has 18 heavy (non-hydrogen) atoms. The van der Waals surface area contributed by atoms with Crippen molar-refractivity contribution in [2.75, 3.05) is 7.11 Å². The van der Waals surface area contributed by atoms with Gasteiger partial charge in [-0.3, -0.25) is 4.79 Å². The zero-order valence-electron chi connectivity index (χ0n) is 10.7. The van der Waals surface area contributed by atoms with Crippen molar-refractivity contribution in [3.05, 3.63) is 30.5 Å². The number of imidazole rings is 1. The Kier molecular flexibility index (Phi) is 3.50. The Labute approximate surface area is 106 Å². The van der Waals surface area contributed by atoms with Gasteiger partial charge in [0.25, 0.3) is 0 Å². The molecule has 0 saturated heterocycles. The van der Waals surface area contributed by atoms with Gasteiger partial charge < -0.3 is 14.7 Å². The highest BCUT2D eigenvalue weighted by atomic mass is 16.5. The fourth-order valence-corrected chi connectivity index (χ4v) is 1.96. The maximum absolute atomic E-state index is 11.8. The fraction of sp³-hybridized carbons (Fsp3) is 0.385. The molecule has 5 heteroatoms. The predicted octanol–water partition coefficient (Wildman–Crippen LogP) is 2.32. The molecule has 96 valence electrons. The molecule has 0 amide bonds. The number of methoxy groups -OCH3 is 1. The molecule has 2 aromatic heterocycles. The first kappa shape index (κ1) is 12.4. The number of esters is 1. The lowest BCUT2D eigenvalue weighted by molar-refractivity contribution is -0.143. The van der Waals surface area contributed by atoms with Crippen LogP contribution in [0.4, 0.5) is 0 Å². The summed E-state index contributed by atoms with van der Waals surface area (Å²) in [4.78, 5) is 22.2. The highest BCUT2D eigenvalue weighted by Gasteiger charge is 2.27. The minimum atomic E-state index is -0.359. The normalized spacial score (nSPS) is 12.7. The zero-order valence-corrected chi connectivity index (χ0v) is 10.7. The highest BCUT2D eigenvalue weighted by molar-refractivity contribution is 5.77. The molecule has 2 N–H and O–H groups in total. The van der Waals surface area contributed by atoms with E-state index in [-0.39, 0.29) is 17.8 Å². The molecule has 0 aliphatic heterocycles. The Morgan fingerprint density at radius 2 is 2.22 bits per heavy atom. The van der Waals surface area contributed by atoms with Crippen LogP contribution in [-0.2, 0) is 9.53 Å². The van der Waals surface area contributed by atoms with Crippen LogP contribution in [0.15, 0.2) is 24.7 Å². The number of aromatic nitrogens is 3. The average molecular weight is 247 g/mol. The van der Waals surface area contributed by atoms with Gasteiger partial charge in [-0.1, -0.05) is 13.8 Å². The van der Waals surface area contributed by atoms with Crippen molar-refractivity contribution in [1.29, 1.82) is 0 Å². The van der Waals surface area contributed by atoms with E-state index in [4.69, 9.17) is 4.74 Å². The molecule has 2 aromatic rings. The van der Waals surface area contributed by atoms with E-state index in [2.05, 4.69) is 15.0 Å². The maximum atomic E-state index is 11.8. The van der Waals surface area contributed by atoms with Gasteiger partial charge in [-0.15, -0.1) is 0 Å².